The first-order chi connectivity index (χ1) is 22.0. The van der Waals surface area contributed by atoms with Gasteiger partial charge >= 0.3 is 0 Å². The Morgan fingerprint density at radius 2 is 1.70 bits per heavy atom. The molecule has 0 amide bonds. The van der Waals surface area contributed by atoms with Crippen LogP contribution in [0.2, 0.25) is 0 Å². The quantitative estimate of drug-likeness (QED) is 0.168. The zero-order valence-electron chi connectivity index (χ0n) is 26.2. The molecule has 1 radical (unpaired) electrons. The predicted octanol–water partition coefficient (Wildman–Crippen LogP) is 9.97. The first kappa shape index (κ1) is 30.3. The van der Waals surface area contributed by atoms with Gasteiger partial charge in [0, 0.05) is 42.9 Å². The van der Waals surface area contributed by atoms with E-state index in [2.05, 4.69) is 76.9 Å². The van der Waals surface area contributed by atoms with Crippen molar-refractivity contribution in [2.75, 3.05) is 0 Å². The van der Waals surface area contributed by atoms with Crippen molar-refractivity contribution in [3.63, 3.8) is 0 Å². The second-order valence-corrected chi connectivity index (χ2v) is 12.7. The summed E-state index contributed by atoms with van der Waals surface area (Å²) in [6.07, 6.45) is 9.65. The summed E-state index contributed by atoms with van der Waals surface area (Å²) >= 11 is 0. The van der Waals surface area contributed by atoms with E-state index >= 15 is 0 Å². The molecule has 1 aliphatic heterocycles. The van der Waals surface area contributed by atoms with Gasteiger partial charge in [0.05, 0.1) is 28.0 Å². The van der Waals surface area contributed by atoms with Crippen LogP contribution in [0.1, 0.15) is 50.8 Å². The van der Waals surface area contributed by atoms with Crippen molar-refractivity contribution in [1.29, 1.82) is 0 Å². The molecule has 9 rings (SSSR count). The molecule has 5 nitrogen and oxygen atoms in total. The van der Waals surface area contributed by atoms with Crippen LogP contribution < -0.4 is 0 Å². The molecule has 0 spiro atoms. The topological polar surface area (TPSA) is 56.7 Å². The predicted molar refractivity (Wildman–Crippen MR) is 182 cm³/mol. The second-order valence-electron chi connectivity index (χ2n) is 12.7. The van der Waals surface area contributed by atoms with Gasteiger partial charge in [-0.1, -0.05) is 54.1 Å². The summed E-state index contributed by atoms with van der Waals surface area (Å²) in [5, 5.41) is 2.07. The smallest absolute Gasteiger partial charge is 0.216 e. The number of pyridine rings is 2. The summed E-state index contributed by atoms with van der Waals surface area (Å²) in [6, 6.07) is 35.1. The van der Waals surface area contributed by atoms with E-state index in [0.717, 1.165) is 50.2 Å². The molecule has 0 bridgehead atoms. The largest absolute Gasteiger partial charge is 0.486 e. The van der Waals surface area contributed by atoms with Crippen LogP contribution in [0.4, 0.5) is 0 Å². The van der Waals surface area contributed by atoms with Crippen LogP contribution >= 0.6 is 0 Å². The Hall–Kier alpha value is -4.38. The molecule has 0 atom stereocenters. The number of allylic oxidation sites excluding steroid dienone is 2. The molecule has 6 heteroatoms. The summed E-state index contributed by atoms with van der Waals surface area (Å²) in [7, 11) is 0. The molecule has 0 saturated heterocycles. The van der Waals surface area contributed by atoms with Crippen molar-refractivity contribution >= 4 is 38.7 Å². The molecule has 3 aromatic carbocycles. The van der Waals surface area contributed by atoms with Crippen molar-refractivity contribution in [3.05, 3.63) is 121 Å². The van der Waals surface area contributed by atoms with Gasteiger partial charge in [-0.3, -0.25) is 4.98 Å². The normalized spacial score (nSPS) is 15.4. The van der Waals surface area contributed by atoms with E-state index in [0.29, 0.717) is 11.6 Å². The van der Waals surface area contributed by atoms with Crippen LogP contribution in [-0.4, -0.2) is 19.5 Å². The number of hydrogen-bond donors (Lipinski definition) is 0. The van der Waals surface area contributed by atoms with Gasteiger partial charge in [0.1, 0.15) is 0 Å². The number of aryl methyl sites for hydroxylation is 1. The summed E-state index contributed by atoms with van der Waals surface area (Å²) in [4.78, 5) is 13.8. The molecule has 0 unspecified atom stereocenters. The van der Waals surface area contributed by atoms with Gasteiger partial charge in [-0.2, -0.15) is 0 Å². The number of benzene rings is 3. The zero-order chi connectivity index (χ0) is 30.5. The Labute approximate surface area is 282 Å². The summed E-state index contributed by atoms with van der Waals surface area (Å²) < 4.78 is 8.36. The molecular weight excluding hydrogens is 745 g/mol. The van der Waals surface area contributed by atoms with E-state index in [-0.39, 0.29) is 25.6 Å². The first-order valence-electron chi connectivity index (χ1n) is 15.8. The molecule has 2 aliphatic rings. The first-order valence-corrected chi connectivity index (χ1v) is 15.8. The van der Waals surface area contributed by atoms with Gasteiger partial charge in [0.25, 0.3) is 0 Å². The molecule has 46 heavy (non-hydrogen) atoms. The Kier molecular flexibility index (Phi) is 7.96. The van der Waals surface area contributed by atoms with Crippen molar-refractivity contribution in [3.8, 4) is 22.6 Å². The second kappa shape index (κ2) is 12.1. The van der Waals surface area contributed by atoms with Crippen molar-refractivity contribution < 1.29 is 24.5 Å². The summed E-state index contributed by atoms with van der Waals surface area (Å²) in [6.45, 7) is 6.58. The maximum Gasteiger partial charge on any atom is 0.216 e. The SMILES string of the molecule is CC1(C)C=C(C2CCCC2)c2cccc3nc(-c4[c-]cccc4)n1c23.Cc1ccc2c(n1)oc1c(-c3ccccn3)[c-]ccc12.[Ir]. The molecule has 7 aromatic rings. The number of imidazole rings is 1. The number of furan rings is 1. The third-order valence-corrected chi connectivity index (χ3v) is 9.18. The fourth-order valence-electron chi connectivity index (χ4n) is 7.15. The Morgan fingerprint density at radius 3 is 2.48 bits per heavy atom. The fourth-order valence-corrected chi connectivity index (χ4v) is 7.15. The number of nitrogens with zero attached hydrogens (tertiary/aromatic N) is 4. The van der Waals surface area contributed by atoms with Gasteiger partial charge in [0.2, 0.25) is 5.71 Å². The molecule has 5 heterocycles. The van der Waals surface area contributed by atoms with E-state index in [1.54, 1.807) is 11.8 Å². The van der Waals surface area contributed by atoms with Gasteiger partial charge in [0.15, 0.2) is 0 Å². The van der Waals surface area contributed by atoms with Crippen molar-refractivity contribution in [2.45, 2.75) is 52.0 Å². The zero-order valence-corrected chi connectivity index (χ0v) is 28.6. The minimum Gasteiger partial charge on any atom is -0.486 e. The minimum absolute atomic E-state index is 0. The Balaban J connectivity index is 0.000000147. The van der Waals surface area contributed by atoms with E-state index in [1.165, 1.54) is 36.8 Å². The summed E-state index contributed by atoms with van der Waals surface area (Å²) in [5.74, 6) is 1.73. The van der Waals surface area contributed by atoms with Gasteiger partial charge in [-0.05, 0) is 75.1 Å². The molecule has 1 saturated carbocycles. The van der Waals surface area contributed by atoms with E-state index in [1.807, 2.05) is 61.5 Å². The molecule has 231 valence electrons. The number of para-hydroxylation sites is 1. The fraction of sp³-hybridized carbons (Fsp3) is 0.225. The molecule has 0 N–H and O–H groups in total. The van der Waals surface area contributed by atoms with E-state index in [9.17, 15) is 0 Å². The van der Waals surface area contributed by atoms with Crippen LogP contribution in [0, 0.1) is 25.0 Å². The molecular formula is C40H34IrN4O-2. The number of hydrogen-bond acceptors (Lipinski definition) is 4. The third-order valence-electron chi connectivity index (χ3n) is 9.18. The average Bonchev–Trinajstić information content (AvgIpc) is 3.82. The van der Waals surface area contributed by atoms with Crippen LogP contribution in [0.25, 0.3) is 61.3 Å². The van der Waals surface area contributed by atoms with E-state index < -0.39 is 0 Å². The monoisotopic (exact) mass is 779 g/mol. The number of aromatic nitrogens is 4. The van der Waals surface area contributed by atoms with Gasteiger partial charge in [-0.15, -0.1) is 54.1 Å². The molecule has 1 fully saturated rings. The van der Waals surface area contributed by atoms with Crippen LogP contribution in [0.5, 0.6) is 0 Å². The van der Waals surface area contributed by atoms with E-state index in [4.69, 9.17) is 9.40 Å². The summed E-state index contributed by atoms with van der Waals surface area (Å²) in [5.41, 5.74) is 10.4. The maximum absolute atomic E-state index is 5.94. The Morgan fingerprint density at radius 1 is 0.848 bits per heavy atom. The Bertz CT molecular complexity index is 2210. The number of fused-ring (bicyclic) bond motifs is 3. The van der Waals surface area contributed by atoms with Crippen molar-refractivity contribution in [2.24, 2.45) is 5.92 Å². The molecule has 4 aromatic heterocycles. The standard InChI is InChI=1S/C23H23N2.C17H11N2O.Ir/c1-23(2)15-19(16-9-6-7-10-16)18-13-8-14-20-21(18)25(23)22(24-20)17-11-4-3-5-12-17;1-11-8-9-13-12-5-4-6-14(15-7-2-3-10-18-15)16(12)20-17(13)19-11;/h3-5,8,11,13-16H,6-7,9-10H2,1-2H3;2-5,7-10H,1H3;/q2*-1;. The van der Waals surface area contributed by atoms with Crippen LogP contribution in [-0.2, 0) is 25.6 Å². The maximum atomic E-state index is 5.94. The van der Waals surface area contributed by atoms with Crippen LogP contribution in [0.15, 0.2) is 102 Å². The average molecular weight is 779 g/mol. The minimum atomic E-state index is -0.0833. The molecule has 1 aliphatic carbocycles. The number of rotatable bonds is 3. The van der Waals surface area contributed by atoms with Gasteiger partial charge in [-0.25, -0.2) is 4.98 Å². The van der Waals surface area contributed by atoms with Crippen molar-refractivity contribution in [1.82, 2.24) is 19.5 Å². The van der Waals surface area contributed by atoms with Crippen LogP contribution in [0.3, 0.4) is 0 Å². The van der Waals surface area contributed by atoms with Gasteiger partial charge < -0.3 is 14.0 Å². The third kappa shape index (κ3) is 5.20.